The third kappa shape index (κ3) is 4.19. The zero-order valence-corrected chi connectivity index (χ0v) is 11.4. The maximum Gasteiger partial charge on any atom is 0.168 e. The Hall–Kier alpha value is -0.770. The minimum atomic E-state index is -0.258. The van der Waals surface area contributed by atoms with Gasteiger partial charge >= 0.3 is 0 Å². The van der Waals surface area contributed by atoms with Crippen LogP contribution in [0.15, 0.2) is 5.16 Å². The summed E-state index contributed by atoms with van der Waals surface area (Å²) in [6.07, 6.45) is 4.06. The first kappa shape index (κ1) is 14.3. The molecule has 0 aliphatic heterocycles. The van der Waals surface area contributed by atoms with Gasteiger partial charge in [-0.15, -0.1) is 0 Å². The standard InChI is InChI=1S/C13H26N2O2/c1-5-11(12(14)15-16)17-10-6-9(2)7-13(3,4)8-10/h9-11,16H,5-8H2,1-4H3,(H2,14,15). The molecule has 0 bridgehead atoms. The molecule has 0 saturated heterocycles. The lowest BCUT2D eigenvalue weighted by Crippen LogP contribution is -2.39. The number of nitrogens with two attached hydrogens (primary N) is 1. The van der Waals surface area contributed by atoms with Crippen molar-refractivity contribution in [2.24, 2.45) is 22.2 Å². The molecule has 0 radical (unpaired) electrons. The maximum absolute atomic E-state index is 8.70. The minimum absolute atomic E-state index is 0.184. The molecule has 3 unspecified atom stereocenters. The van der Waals surface area contributed by atoms with Gasteiger partial charge < -0.3 is 15.7 Å². The minimum Gasteiger partial charge on any atom is -0.409 e. The Morgan fingerprint density at radius 3 is 2.65 bits per heavy atom. The largest absolute Gasteiger partial charge is 0.409 e. The highest BCUT2D eigenvalue weighted by Gasteiger charge is 2.34. The van der Waals surface area contributed by atoms with Gasteiger partial charge in [-0.05, 0) is 37.0 Å². The highest BCUT2D eigenvalue weighted by Crippen LogP contribution is 2.40. The molecule has 3 atom stereocenters. The zero-order chi connectivity index (χ0) is 13.1. The van der Waals surface area contributed by atoms with E-state index in [0.717, 1.165) is 19.3 Å². The molecule has 1 saturated carbocycles. The van der Waals surface area contributed by atoms with Gasteiger partial charge in [0, 0.05) is 0 Å². The lowest BCUT2D eigenvalue weighted by Gasteiger charge is -2.39. The van der Waals surface area contributed by atoms with Crippen LogP contribution >= 0.6 is 0 Å². The van der Waals surface area contributed by atoms with Gasteiger partial charge in [-0.25, -0.2) is 0 Å². The van der Waals surface area contributed by atoms with Crippen LogP contribution in [-0.2, 0) is 4.74 Å². The number of oxime groups is 1. The van der Waals surface area contributed by atoms with Crippen molar-refractivity contribution in [3.8, 4) is 0 Å². The van der Waals surface area contributed by atoms with Crippen LogP contribution in [0, 0.1) is 11.3 Å². The molecule has 4 heteroatoms. The Balaban J connectivity index is 2.61. The van der Waals surface area contributed by atoms with Crippen LogP contribution in [0.25, 0.3) is 0 Å². The molecule has 0 spiro atoms. The predicted molar refractivity (Wildman–Crippen MR) is 69.2 cm³/mol. The summed E-state index contributed by atoms with van der Waals surface area (Å²) in [5.41, 5.74) is 5.95. The Morgan fingerprint density at radius 1 is 1.53 bits per heavy atom. The van der Waals surface area contributed by atoms with Crippen LogP contribution < -0.4 is 5.73 Å². The molecule has 1 aliphatic carbocycles. The SMILES string of the molecule is CCC(OC1CC(C)CC(C)(C)C1)C(N)=NO. The van der Waals surface area contributed by atoms with Crippen LogP contribution in [-0.4, -0.2) is 23.3 Å². The molecule has 1 aliphatic rings. The fourth-order valence-electron chi connectivity index (χ4n) is 3.03. The summed E-state index contributed by atoms with van der Waals surface area (Å²) in [7, 11) is 0. The number of hydrogen-bond acceptors (Lipinski definition) is 3. The first-order valence-electron chi connectivity index (χ1n) is 6.51. The van der Waals surface area contributed by atoms with Crippen molar-refractivity contribution in [3.05, 3.63) is 0 Å². The zero-order valence-electron chi connectivity index (χ0n) is 11.4. The van der Waals surface area contributed by atoms with Gasteiger partial charge in [-0.3, -0.25) is 0 Å². The van der Waals surface area contributed by atoms with Gasteiger partial charge in [0.05, 0.1) is 6.10 Å². The number of amidine groups is 1. The van der Waals surface area contributed by atoms with Gasteiger partial charge in [0.2, 0.25) is 0 Å². The molecular formula is C13H26N2O2. The predicted octanol–water partition coefficient (Wildman–Crippen LogP) is 2.74. The molecular weight excluding hydrogens is 216 g/mol. The molecule has 4 nitrogen and oxygen atoms in total. The number of ether oxygens (including phenoxy) is 1. The lowest BCUT2D eigenvalue weighted by molar-refractivity contribution is -0.0437. The van der Waals surface area contributed by atoms with Crippen molar-refractivity contribution < 1.29 is 9.94 Å². The third-order valence-corrected chi connectivity index (χ3v) is 3.52. The number of rotatable bonds is 4. The molecule has 0 amide bonds. The normalized spacial score (nSPS) is 31.2. The molecule has 0 aromatic heterocycles. The third-order valence-electron chi connectivity index (χ3n) is 3.52. The second kappa shape index (κ2) is 5.71. The lowest BCUT2D eigenvalue weighted by atomic mass is 9.71. The fraction of sp³-hybridized carbons (Fsp3) is 0.923. The maximum atomic E-state index is 8.70. The first-order valence-corrected chi connectivity index (χ1v) is 6.51. The molecule has 1 rings (SSSR count). The van der Waals surface area contributed by atoms with E-state index in [9.17, 15) is 0 Å². The van der Waals surface area contributed by atoms with Crippen LogP contribution in [0.2, 0.25) is 0 Å². The highest BCUT2D eigenvalue weighted by molar-refractivity contribution is 5.84. The van der Waals surface area contributed by atoms with E-state index < -0.39 is 0 Å². The monoisotopic (exact) mass is 242 g/mol. The molecule has 0 heterocycles. The van der Waals surface area contributed by atoms with E-state index in [1.165, 1.54) is 6.42 Å². The van der Waals surface area contributed by atoms with Crippen molar-refractivity contribution >= 4 is 5.84 Å². The Bertz CT molecular complexity index is 277. The Morgan fingerprint density at radius 2 is 2.18 bits per heavy atom. The van der Waals surface area contributed by atoms with Crippen LogP contribution in [0.5, 0.6) is 0 Å². The first-order chi connectivity index (χ1) is 7.88. The van der Waals surface area contributed by atoms with Crippen molar-refractivity contribution in [3.63, 3.8) is 0 Å². The summed E-state index contributed by atoms with van der Waals surface area (Å²) >= 11 is 0. The number of hydrogen-bond donors (Lipinski definition) is 2. The fourth-order valence-corrected chi connectivity index (χ4v) is 3.03. The molecule has 17 heavy (non-hydrogen) atoms. The molecule has 0 aromatic rings. The van der Waals surface area contributed by atoms with Gasteiger partial charge in [-0.1, -0.05) is 32.9 Å². The van der Waals surface area contributed by atoms with Crippen molar-refractivity contribution in [2.75, 3.05) is 0 Å². The quantitative estimate of drug-likeness (QED) is 0.345. The second-order valence-corrected chi connectivity index (χ2v) is 6.09. The van der Waals surface area contributed by atoms with Gasteiger partial charge in [0.25, 0.3) is 0 Å². The smallest absolute Gasteiger partial charge is 0.168 e. The van der Waals surface area contributed by atoms with Crippen molar-refractivity contribution in [1.29, 1.82) is 0 Å². The summed E-state index contributed by atoms with van der Waals surface area (Å²) in [6, 6.07) is 0. The van der Waals surface area contributed by atoms with E-state index in [0.29, 0.717) is 11.3 Å². The van der Waals surface area contributed by atoms with E-state index in [1.54, 1.807) is 0 Å². The van der Waals surface area contributed by atoms with Crippen molar-refractivity contribution in [2.45, 2.75) is 65.6 Å². The van der Waals surface area contributed by atoms with Crippen LogP contribution in [0.3, 0.4) is 0 Å². The summed E-state index contributed by atoms with van der Waals surface area (Å²) in [6.45, 7) is 8.81. The van der Waals surface area contributed by atoms with E-state index >= 15 is 0 Å². The highest BCUT2D eigenvalue weighted by atomic mass is 16.5. The van der Waals surface area contributed by atoms with Crippen LogP contribution in [0.4, 0.5) is 0 Å². The van der Waals surface area contributed by atoms with E-state index in [2.05, 4.69) is 25.9 Å². The molecule has 3 N–H and O–H groups in total. The average Bonchev–Trinajstić information content (AvgIpc) is 2.22. The van der Waals surface area contributed by atoms with Gasteiger partial charge in [-0.2, -0.15) is 0 Å². The molecule has 1 fully saturated rings. The van der Waals surface area contributed by atoms with Crippen LogP contribution in [0.1, 0.15) is 53.4 Å². The van der Waals surface area contributed by atoms with E-state index in [4.69, 9.17) is 15.7 Å². The summed E-state index contributed by atoms with van der Waals surface area (Å²) in [4.78, 5) is 0. The average molecular weight is 242 g/mol. The molecule has 0 aromatic carbocycles. The molecule has 100 valence electrons. The van der Waals surface area contributed by atoms with Gasteiger partial charge in [0.1, 0.15) is 6.10 Å². The topological polar surface area (TPSA) is 67.8 Å². The van der Waals surface area contributed by atoms with E-state index in [1.807, 2.05) is 6.92 Å². The Kier molecular flexibility index (Phi) is 4.80. The second-order valence-electron chi connectivity index (χ2n) is 6.09. The van der Waals surface area contributed by atoms with Crippen molar-refractivity contribution in [1.82, 2.24) is 0 Å². The summed E-state index contributed by atoms with van der Waals surface area (Å²) < 4.78 is 5.98. The summed E-state index contributed by atoms with van der Waals surface area (Å²) in [5.74, 6) is 0.858. The van der Waals surface area contributed by atoms with E-state index in [-0.39, 0.29) is 18.0 Å². The number of nitrogens with zero attached hydrogens (tertiary/aromatic N) is 1. The van der Waals surface area contributed by atoms with Gasteiger partial charge in [0.15, 0.2) is 5.84 Å². The Labute approximate surface area is 104 Å². The summed E-state index contributed by atoms with van der Waals surface area (Å²) in [5, 5.41) is 11.8.